The number of halogens is 1. The molecule has 0 radical (unpaired) electrons. The fourth-order valence-corrected chi connectivity index (χ4v) is 4.07. The maximum Gasteiger partial charge on any atom is 0.264 e. The second-order valence-electron chi connectivity index (χ2n) is 5.90. The topological polar surface area (TPSA) is 37.4 Å². The van der Waals surface area contributed by atoms with Gasteiger partial charge in [-0.25, -0.2) is 0 Å². The van der Waals surface area contributed by atoms with Crippen LogP contribution in [0.25, 0.3) is 0 Å². The van der Waals surface area contributed by atoms with Crippen molar-refractivity contribution in [1.29, 1.82) is 0 Å². The Morgan fingerprint density at radius 1 is 1.30 bits per heavy atom. The zero-order valence-corrected chi connectivity index (χ0v) is 14.5. The first-order chi connectivity index (χ1) is 11.1. The molecule has 1 atom stereocenters. The molecule has 1 aliphatic heterocycles. The summed E-state index contributed by atoms with van der Waals surface area (Å²) >= 11 is 7.44. The van der Waals surface area contributed by atoms with Gasteiger partial charge in [0, 0.05) is 29.6 Å². The summed E-state index contributed by atoms with van der Waals surface area (Å²) in [5.74, 6) is -0.0274. The minimum absolute atomic E-state index is 0.0427. The van der Waals surface area contributed by atoms with Crippen molar-refractivity contribution >= 4 is 34.6 Å². The average molecular weight is 348 g/mol. The molecular formula is C18H18ClNO2S. The second-order valence-corrected chi connectivity index (χ2v) is 7.25. The van der Waals surface area contributed by atoms with E-state index < -0.39 is 0 Å². The van der Waals surface area contributed by atoms with Crippen molar-refractivity contribution in [3.63, 3.8) is 0 Å². The van der Waals surface area contributed by atoms with Crippen LogP contribution in [0.2, 0.25) is 5.02 Å². The molecule has 0 saturated carbocycles. The van der Waals surface area contributed by atoms with Gasteiger partial charge < -0.3 is 4.90 Å². The molecule has 0 aliphatic carbocycles. The molecule has 5 heteroatoms. The number of Topliss-reactive ketones (excluding diaryl/α,β-unsaturated/α-hetero) is 1. The van der Waals surface area contributed by atoms with Gasteiger partial charge >= 0.3 is 0 Å². The first-order valence-electron chi connectivity index (χ1n) is 7.69. The molecule has 120 valence electrons. The maximum atomic E-state index is 12.7. The predicted octanol–water partition coefficient (Wildman–Crippen LogP) is 4.45. The fourth-order valence-electron chi connectivity index (χ4n) is 2.99. The van der Waals surface area contributed by atoms with Crippen molar-refractivity contribution in [2.75, 3.05) is 13.1 Å². The number of amides is 1. The second kappa shape index (κ2) is 6.85. The van der Waals surface area contributed by atoms with Crippen LogP contribution >= 0.6 is 22.9 Å². The Morgan fingerprint density at radius 3 is 2.83 bits per heavy atom. The Balaban J connectivity index is 1.74. The Bertz CT molecular complexity index is 740. The van der Waals surface area contributed by atoms with E-state index in [0.29, 0.717) is 17.1 Å². The van der Waals surface area contributed by atoms with Crippen molar-refractivity contribution in [2.24, 2.45) is 5.92 Å². The van der Waals surface area contributed by atoms with Crippen molar-refractivity contribution < 1.29 is 9.59 Å². The number of aryl methyl sites for hydroxylation is 1. The number of nitrogens with zero attached hydrogens (tertiary/aromatic N) is 1. The van der Waals surface area contributed by atoms with Crippen LogP contribution in [0.4, 0.5) is 0 Å². The summed E-state index contributed by atoms with van der Waals surface area (Å²) in [6.07, 6.45) is 1.67. The van der Waals surface area contributed by atoms with Crippen LogP contribution in [-0.4, -0.2) is 29.7 Å². The maximum absolute atomic E-state index is 12.7. The van der Waals surface area contributed by atoms with Crippen molar-refractivity contribution in [3.05, 3.63) is 56.7 Å². The van der Waals surface area contributed by atoms with Gasteiger partial charge in [0.05, 0.1) is 4.88 Å². The number of carbonyl (C=O) groups is 2. The lowest BCUT2D eigenvalue weighted by atomic mass is 9.90. The number of rotatable bonds is 3. The Morgan fingerprint density at radius 2 is 2.13 bits per heavy atom. The molecule has 2 aromatic rings. The molecule has 3 rings (SSSR count). The Labute approximate surface area is 144 Å². The van der Waals surface area contributed by atoms with Crippen molar-refractivity contribution in [3.8, 4) is 0 Å². The quantitative estimate of drug-likeness (QED) is 0.769. The molecule has 0 N–H and O–H groups in total. The van der Waals surface area contributed by atoms with Gasteiger partial charge in [-0.1, -0.05) is 23.7 Å². The van der Waals surface area contributed by atoms with E-state index in [0.717, 1.165) is 29.8 Å². The predicted molar refractivity (Wildman–Crippen MR) is 93.5 cm³/mol. The zero-order valence-electron chi connectivity index (χ0n) is 12.9. The van der Waals surface area contributed by atoms with Gasteiger partial charge in [0.15, 0.2) is 5.78 Å². The van der Waals surface area contributed by atoms with Gasteiger partial charge in [-0.3, -0.25) is 9.59 Å². The van der Waals surface area contributed by atoms with Crippen molar-refractivity contribution in [1.82, 2.24) is 4.90 Å². The molecule has 1 fully saturated rings. The minimum atomic E-state index is -0.147. The number of ketones is 1. The first kappa shape index (κ1) is 16.2. The van der Waals surface area contributed by atoms with Gasteiger partial charge in [0.1, 0.15) is 0 Å². The molecule has 1 aromatic heterocycles. The van der Waals surface area contributed by atoms with E-state index in [2.05, 4.69) is 0 Å². The lowest BCUT2D eigenvalue weighted by molar-refractivity contribution is 0.0640. The third-order valence-electron chi connectivity index (χ3n) is 4.24. The zero-order chi connectivity index (χ0) is 16.4. The van der Waals surface area contributed by atoms with E-state index in [4.69, 9.17) is 11.6 Å². The molecular weight excluding hydrogens is 330 g/mol. The number of thiophene rings is 1. The smallest absolute Gasteiger partial charge is 0.264 e. The third-order valence-corrected chi connectivity index (χ3v) is 5.48. The van der Waals surface area contributed by atoms with Crippen LogP contribution in [0.1, 0.15) is 38.4 Å². The number of hydrogen-bond donors (Lipinski definition) is 0. The molecule has 0 unspecified atom stereocenters. The standard InChI is InChI=1S/C18H18ClNO2S/c1-12-7-9-23-17(12)18(22)20-8-3-5-14(11-20)16(21)13-4-2-6-15(19)10-13/h2,4,6-7,9-10,14H,3,5,8,11H2,1H3/t14-/m0/s1. The summed E-state index contributed by atoms with van der Waals surface area (Å²) in [5, 5.41) is 2.50. The largest absolute Gasteiger partial charge is 0.337 e. The summed E-state index contributed by atoms with van der Waals surface area (Å²) in [5.41, 5.74) is 1.63. The van der Waals surface area contributed by atoms with E-state index in [1.54, 1.807) is 24.3 Å². The molecule has 0 bridgehead atoms. The molecule has 0 spiro atoms. The van der Waals surface area contributed by atoms with Gasteiger partial charge in [0.2, 0.25) is 0 Å². The lowest BCUT2D eigenvalue weighted by Crippen LogP contribution is -2.42. The van der Waals surface area contributed by atoms with Crippen LogP contribution in [0.3, 0.4) is 0 Å². The van der Waals surface area contributed by atoms with E-state index in [-0.39, 0.29) is 17.6 Å². The SMILES string of the molecule is Cc1ccsc1C(=O)N1CCC[C@H](C(=O)c2cccc(Cl)c2)C1. The number of hydrogen-bond acceptors (Lipinski definition) is 3. The molecule has 1 aliphatic rings. The van der Waals surface area contributed by atoms with E-state index in [1.807, 2.05) is 23.3 Å². The van der Waals surface area contributed by atoms with E-state index in [9.17, 15) is 9.59 Å². The van der Waals surface area contributed by atoms with Gasteiger partial charge in [0.25, 0.3) is 5.91 Å². The van der Waals surface area contributed by atoms with Crippen molar-refractivity contribution in [2.45, 2.75) is 19.8 Å². The molecule has 2 heterocycles. The summed E-state index contributed by atoms with van der Waals surface area (Å²) in [4.78, 5) is 27.9. The third kappa shape index (κ3) is 3.48. The van der Waals surface area contributed by atoms with E-state index >= 15 is 0 Å². The highest BCUT2D eigenvalue weighted by molar-refractivity contribution is 7.12. The fraction of sp³-hybridized carbons (Fsp3) is 0.333. The molecule has 1 saturated heterocycles. The van der Waals surface area contributed by atoms with Crippen LogP contribution in [0, 0.1) is 12.8 Å². The normalized spacial score (nSPS) is 18.0. The number of carbonyl (C=O) groups excluding carboxylic acids is 2. The molecule has 23 heavy (non-hydrogen) atoms. The number of benzene rings is 1. The minimum Gasteiger partial charge on any atom is -0.337 e. The highest BCUT2D eigenvalue weighted by atomic mass is 35.5. The van der Waals surface area contributed by atoms with Gasteiger partial charge in [-0.2, -0.15) is 0 Å². The highest BCUT2D eigenvalue weighted by Gasteiger charge is 2.30. The lowest BCUT2D eigenvalue weighted by Gasteiger charge is -2.32. The van der Waals surface area contributed by atoms with Gasteiger partial charge in [-0.15, -0.1) is 11.3 Å². The Kier molecular flexibility index (Phi) is 4.83. The van der Waals surface area contributed by atoms with Crippen LogP contribution in [-0.2, 0) is 0 Å². The summed E-state index contributed by atoms with van der Waals surface area (Å²) in [6, 6.07) is 8.99. The molecule has 3 nitrogen and oxygen atoms in total. The summed E-state index contributed by atoms with van der Waals surface area (Å²) < 4.78 is 0. The summed E-state index contributed by atoms with van der Waals surface area (Å²) in [6.45, 7) is 3.15. The average Bonchev–Trinajstić information content (AvgIpc) is 2.99. The molecule has 1 aromatic carbocycles. The summed E-state index contributed by atoms with van der Waals surface area (Å²) in [7, 11) is 0. The van der Waals surface area contributed by atoms with Gasteiger partial charge in [-0.05, 0) is 48.9 Å². The number of likely N-dealkylation sites (tertiary alicyclic amines) is 1. The highest BCUT2D eigenvalue weighted by Crippen LogP contribution is 2.25. The molecule has 1 amide bonds. The monoisotopic (exact) mass is 347 g/mol. The van der Waals surface area contributed by atoms with E-state index in [1.165, 1.54) is 11.3 Å². The van der Waals surface area contributed by atoms with Crippen LogP contribution in [0.5, 0.6) is 0 Å². The Hall–Kier alpha value is -1.65. The number of piperidine rings is 1. The first-order valence-corrected chi connectivity index (χ1v) is 8.95. The van der Waals surface area contributed by atoms with Crippen LogP contribution in [0.15, 0.2) is 35.7 Å². The van der Waals surface area contributed by atoms with Crippen LogP contribution < -0.4 is 0 Å².